The molecule has 0 heterocycles. The van der Waals surface area contributed by atoms with Crippen LogP contribution in [0.4, 0.5) is 0 Å². The van der Waals surface area contributed by atoms with Gasteiger partial charge in [0.05, 0.1) is 0 Å². The summed E-state index contributed by atoms with van der Waals surface area (Å²) in [6, 6.07) is 0.426. The zero-order valence-electron chi connectivity index (χ0n) is 16.1. The summed E-state index contributed by atoms with van der Waals surface area (Å²) in [5.74, 6) is 5.20. The highest BCUT2D eigenvalue weighted by molar-refractivity contribution is 4.92. The van der Waals surface area contributed by atoms with E-state index in [9.17, 15) is 0 Å². The number of hydrogen-bond acceptors (Lipinski definition) is 1. The van der Waals surface area contributed by atoms with Crippen LogP contribution in [-0.4, -0.2) is 6.04 Å². The summed E-state index contributed by atoms with van der Waals surface area (Å²) in [6.45, 7) is 14.8. The molecular formula is C21H41N. The average Bonchev–Trinajstić information content (AvgIpc) is 2.37. The lowest BCUT2D eigenvalue weighted by molar-refractivity contribution is 0.0565. The van der Waals surface area contributed by atoms with Crippen LogP contribution >= 0.6 is 0 Å². The lowest BCUT2D eigenvalue weighted by Gasteiger charge is -2.46. The van der Waals surface area contributed by atoms with E-state index >= 15 is 0 Å². The minimum Gasteiger partial charge on any atom is -0.327 e. The standard InChI is InChI=1S/C21H41N/c1-14-7-9-18(16(3)11-14)17(4)13-21(5,6)19-10-8-15(2)12-20(19)22/h14-20H,7-13,22H2,1-6H3. The normalized spacial score (nSPS) is 42.1. The third-order valence-corrected chi connectivity index (χ3v) is 7.24. The Morgan fingerprint density at radius 2 is 1.55 bits per heavy atom. The zero-order chi connectivity index (χ0) is 16.5. The number of hydrogen-bond donors (Lipinski definition) is 1. The zero-order valence-corrected chi connectivity index (χ0v) is 16.1. The third-order valence-electron chi connectivity index (χ3n) is 7.24. The fourth-order valence-corrected chi connectivity index (χ4v) is 6.06. The average molecular weight is 308 g/mol. The topological polar surface area (TPSA) is 26.0 Å². The molecule has 0 spiro atoms. The molecule has 0 aromatic carbocycles. The van der Waals surface area contributed by atoms with Gasteiger partial charge in [0.25, 0.3) is 0 Å². The van der Waals surface area contributed by atoms with Crippen molar-refractivity contribution < 1.29 is 0 Å². The molecule has 0 radical (unpaired) electrons. The Morgan fingerprint density at radius 1 is 0.955 bits per heavy atom. The van der Waals surface area contributed by atoms with Gasteiger partial charge < -0.3 is 5.73 Å². The molecule has 1 heteroatoms. The minimum atomic E-state index is 0.405. The van der Waals surface area contributed by atoms with Gasteiger partial charge in [-0.2, -0.15) is 0 Å². The number of nitrogens with two attached hydrogens (primary N) is 1. The van der Waals surface area contributed by atoms with Crippen LogP contribution < -0.4 is 5.73 Å². The van der Waals surface area contributed by atoms with Crippen molar-refractivity contribution in [2.24, 2.45) is 46.7 Å². The van der Waals surface area contributed by atoms with Gasteiger partial charge in [0.2, 0.25) is 0 Å². The molecule has 0 saturated heterocycles. The van der Waals surface area contributed by atoms with Gasteiger partial charge in [-0.05, 0) is 73.0 Å². The van der Waals surface area contributed by atoms with E-state index in [1.54, 1.807) is 0 Å². The lowest BCUT2D eigenvalue weighted by atomic mass is 9.61. The van der Waals surface area contributed by atoms with Crippen LogP contribution in [0.1, 0.15) is 86.5 Å². The Morgan fingerprint density at radius 3 is 2.14 bits per heavy atom. The molecule has 7 unspecified atom stereocenters. The summed E-state index contributed by atoms with van der Waals surface area (Å²) in [4.78, 5) is 0. The van der Waals surface area contributed by atoms with E-state index in [4.69, 9.17) is 5.73 Å². The predicted molar refractivity (Wildman–Crippen MR) is 97.7 cm³/mol. The van der Waals surface area contributed by atoms with E-state index in [-0.39, 0.29) is 0 Å². The Kier molecular flexibility index (Phi) is 6.02. The van der Waals surface area contributed by atoms with Gasteiger partial charge in [-0.1, -0.05) is 54.4 Å². The fraction of sp³-hybridized carbons (Fsp3) is 1.00. The second-order valence-corrected chi connectivity index (χ2v) is 9.92. The summed E-state index contributed by atoms with van der Waals surface area (Å²) in [5.41, 5.74) is 6.96. The first-order valence-corrected chi connectivity index (χ1v) is 9.96. The second kappa shape index (κ2) is 7.24. The molecule has 0 bridgehead atoms. The van der Waals surface area contributed by atoms with Crippen molar-refractivity contribution in [1.29, 1.82) is 0 Å². The van der Waals surface area contributed by atoms with Crippen LogP contribution in [0.2, 0.25) is 0 Å². The van der Waals surface area contributed by atoms with Crippen LogP contribution in [0.15, 0.2) is 0 Å². The van der Waals surface area contributed by atoms with Gasteiger partial charge in [0.15, 0.2) is 0 Å². The van der Waals surface area contributed by atoms with Crippen molar-refractivity contribution in [3.8, 4) is 0 Å². The molecule has 2 N–H and O–H groups in total. The predicted octanol–water partition coefficient (Wildman–Crippen LogP) is 5.87. The highest BCUT2D eigenvalue weighted by atomic mass is 14.7. The van der Waals surface area contributed by atoms with Crippen molar-refractivity contribution in [2.75, 3.05) is 0 Å². The molecule has 2 aliphatic carbocycles. The van der Waals surface area contributed by atoms with E-state index in [1.807, 2.05) is 0 Å². The summed E-state index contributed by atoms with van der Waals surface area (Å²) in [6.07, 6.45) is 9.67. The van der Waals surface area contributed by atoms with E-state index in [1.165, 1.54) is 44.9 Å². The van der Waals surface area contributed by atoms with Crippen LogP contribution in [-0.2, 0) is 0 Å². The monoisotopic (exact) mass is 307 g/mol. The van der Waals surface area contributed by atoms with Gasteiger partial charge in [0.1, 0.15) is 0 Å². The lowest BCUT2D eigenvalue weighted by Crippen LogP contribution is -2.45. The van der Waals surface area contributed by atoms with Gasteiger partial charge in [0, 0.05) is 6.04 Å². The second-order valence-electron chi connectivity index (χ2n) is 9.92. The number of rotatable bonds is 4. The highest BCUT2D eigenvalue weighted by Gasteiger charge is 2.40. The minimum absolute atomic E-state index is 0.405. The summed E-state index contributed by atoms with van der Waals surface area (Å²) >= 11 is 0. The molecule has 0 amide bonds. The fourth-order valence-electron chi connectivity index (χ4n) is 6.06. The van der Waals surface area contributed by atoms with Crippen LogP contribution in [0.25, 0.3) is 0 Å². The Labute approximate surface area is 139 Å². The van der Waals surface area contributed by atoms with Gasteiger partial charge in [-0.3, -0.25) is 0 Å². The summed E-state index contributed by atoms with van der Waals surface area (Å²) in [7, 11) is 0. The molecule has 0 aromatic heterocycles. The van der Waals surface area contributed by atoms with Gasteiger partial charge in [-0.15, -0.1) is 0 Å². The Hall–Kier alpha value is -0.0400. The van der Waals surface area contributed by atoms with Crippen molar-refractivity contribution in [3.63, 3.8) is 0 Å². The van der Waals surface area contributed by atoms with Crippen LogP contribution in [0.3, 0.4) is 0 Å². The third kappa shape index (κ3) is 4.28. The Balaban J connectivity index is 1.95. The van der Waals surface area contributed by atoms with Gasteiger partial charge in [-0.25, -0.2) is 0 Å². The van der Waals surface area contributed by atoms with E-state index in [0.29, 0.717) is 11.5 Å². The summed E-state index contributed by atoms with van der Waals surface area (Å²) in [5, 5.41) is 0. The quantitative estimate of drug-likeness (QED) is 0.690. The van der Waals surface area contributed by atoms with Crippen molar-refractivity contribution in [1.82, 2.24) is 0 Å². The SMILES string of the molecule is CC1CCC(C(C)CC(C)(C)C2CCC(C)CC2N)C(C)C1. The molecule has 22 heavy (non-hydrogen) atoms. The molecule has 2 fully saturated rings. The molecule has 2 saturated carbocycles. The van der Waals surface area contributed by atoms with Crippen LogP contribution in [0, 0.1) is 40.9 Å². The van der Waals surface area contributed by atoms with Crippen LogP contribution in [0.5, 0.6) is 0 Å². The Bertz CT molecular complexity index is 348. The van der Waals surface area contributed by atoms with Gasteiger partial charge >= 0.3 is 0 Å². The maximum Gasteiger partial charge on any atom is 0.00747 e. The van der Waals surface area contributed by atoms with Crippen molar-refractivity contribution in [3.05, 3.63) is 0 Å². The van der Waals surface area contributed by atoms with Crippen molar-refractivity contribution in [2.45, 2.75) is 92.5 Å². The molecule has 2 rings (SSSR count). The largest absolute Gasteiger partial charge is 0.327 e. The maximum absolute atomic E-state index is 6.56. The van der Waals surface area contributed by atoms with Crippen molar-refractivity contribution >= 4 is 0 Å². The van der Waals surface area contributed by atoms with E-state index in [0.717, 1.165) is 35.5 Å². The first kappa shape index (κ1) is 18.3. The maximum atomic E-state index is 6.56. The summed E-state index contributed by atoms with van der Waals surface area (Å²) < 4.78 is 0. The molecule has 7 atom stereocenters. The highest BCUT2D eigenvalue weighted by Crippen LogP contribution is 2.47. The first-order valence-electron chi connectivity index (χ1n) is 9.96. The molecule has 1 nitrogen and oxygen atoms in total. The molecule has 0 aromatic rings. The first-order chi connectivity index (χ1) is 10.2. The smallest absolute Gasteiger partial charge is 0.00747 e. The van der Waals surface area contributed by atoms with E-state index in [2.05, 4.69) is 41.5 Å². The molecular weight excluding hydrogens is 266 g/mol. The van der Waals surface area contributed by atoms with E-state index < -0.39 is 0 Å². The molecule has 0 aliphatic heterocycles. The molecule has 2 aliphatic rings. The molecule has 130 valence electrons.